The standard InChI is InChI=1S/C13H16F2N2O/c14-11-3-1-2-10(12(11)15)13(18)17-7-8-4-5-9(16)6-8/h1-3,8-9H,4-7,16H2,(H,17,18). The molecule has 2 unspecified atom stereocenters. The molecule has 2 atom stereocenters. The molecule has 1 amide bonds. The highest BCUT2D eigenvalue weighted by molar-refractivity contribution is 5.94. The molecule has 5 heteroatoms. The number of hydrogen-bond donors (Lipinski definition) is 2. The summed E-state index contributed by atoms with van der Waals surface area (Å²) in [6.45, 7) is 0.461. The molecule has 0 bridgehead atoms. The Balaban J connectivity index is 1.94. The van der Waals surface area contributed by atoms with Gasteiger partial charge in [0.05, 0.1) is 5.56 Å². The summed E-state index contributed by atoms with van der Waals surface area (Å²) < 4.78 is 26.3. The maximum atomic E-state index is 13.4. The number of amides is 1. The molecule has 0 aliphatic heterocycles. The van der Waals surface area contributed by atoms with Crippen LogP contribution in [0.2, 0.25) is 0 Å². The predicted molar refractivity (Wildman–Crippen MR) is 64.0 cm³/mol. The first kappa shape index (κ1) is 13.0. The van der Waals surface area contributed by atoms with Gasteiger partial charge >= 0.3 is 0 Å². The van der Waals surface area contributed by atoms with Gasteiger partial charge in [-0.3, -0.25) is 4.79 Å². The van der Waals surface area contributed by atoms with E-state index in [1.165, 1.54) is 12.1 Å². The topological polar surface area (TPSA) is 55.1 Å². The summed E-state index contributed by atoms with van der Waals surface area (Å²) in [6, 6.07) is 3.77. The number of rotatable bonds is 3. The smallest absolute Gasteiger partial charge is 0.254 e. The van der Waals surface area contributed by atoms with Crippen LogP contribution >= 0.6 is 0 Å². The quantitative estimate of drug-likeness (QED) is 0.864. The van der Waals surface area contributed by atoms with Gasteiger partial charge in [-0.2, -0.15) is 0 Å². The Morgan fingerprint density at radius 3 is 2.83 bits per heavy atom. The third kappa shape index (κ3) is 2.85. The van der Waals surface area contributed by atoms with E-state index in [1.54, 1.807) is 0 Å². The number of carbonyl (C=O) groups excluding carboxylic acids is 1. The van der Waals surface area contributed by atoms with Crippen LogP contribution in [-0.2, 0) is 0 Å². The molecule has 3 nitrogen and oxygen atoms in total. The minimum atomic E-state index is -1.10. The molecular formula is C13H16F2N2O. The Bertz CT molecular complexity index is 451. The summed E-state index contributed by atoms with van der Waals surface area (Å²) >= 11 is 0. The van der Waals surface area contributed by atoms with Gasteiger partial charge in [0.15, 0.2) is 11.6 Å². The first-order valence-corrected chi connectivity index (χ1v) is 6.05. The fourth-order valence-electron chi connectivity index (χ4n) is 2.31. The fraction of sp³-hybridized carbons (Fsp3) is 0.462. The van der Waals surface area contributed by atoms with Gasteiger partial charge in [-0.25, -0.2) is 8.78 Å². The van der Waals surface area contributed by atoms with Crippen LogP contribution in [0, 0.1) is 17.6 Å². The van der Waals surface area contributed by atoms with Crippen LogP contribution in [0.15, 0.2) is 18.2 Å². The van der Waals surface area contributed by atoms with Crippen molar-refractivity contribution in [2.45, 2.75) is 25.3 Å². The minimum absolute atomic E-state index is 0.192. The van der Waals surface area contributed by atoms with Crippen molar-refractivity contribution in [3.8, 4) is 0 Å². The third-order valence-electron chi connectivity index (χ3n) is 3.33. The van der Waals surface area contributed by atoms with Crippen molar-refractivity contribution < 1.29 is 13.6 Å². The van der Waals surface area contributed by atoms with Crippen LogP contribution in [0.4, 0.5) is 8.78 Å². The minimum Gasteiger partial charge on any atom is -0.352 e. The lowest BCUT2D eigenvalue weighted by molar-refractivity contribution is 0.0942. The molecule has 1 aliphatic carbocycles. The molecule has 0 radical (unpaired) electrons. The number of halogens is 2. The van der Waals surface area contributed by atoms with E-state index in [0.29, 0.717) is 12.5 Å². The molecule has 98 valence electrons. The van der Waals surface area contributed by atoms with E-state index in [0.717, 1.165) is 25.3 Å². The number of nitrogens with two attached hydrogens (primary N) is 1. The maximum absolute atomic E-state index is 13.4. The second-order valence-electron chi connectivity index (χ2n) is 4.75. The van der Waals surface area contributed by atoms with Crippen LogP contribution in [0.25, 0.3) is 0 Å². The zero-order valence-corrected chi connectivity index (χ0v) is 9.96. The zero-order chi connectivity index (χ0) is 13.1. The van der Waals surface area contributed by atoms with Crippen LogP contribution in [0.5, 0.6) is 0 Å². The van der Waals surface area contributed by atoms with E-state index in [2.05, 4.69) is 5.32 Å². The summed E-state index contributed by atoms with van der Waals surface area (Å²) in [5, 5.41) is 2.63. The zero-order valence-electron chi connectivity index (χ0n) is 9.96. The van der Waals surface area contributed by atoms with E-state index in [-0.39, 0.29) is 11.6 Å². The van der Waals surface area contributed by atoms with Gasteiger partial charge in [-0.05, 0) is 37.3 Å². The number of carbonyl (C=O) groups is 1. The Morgan fingerprint density at radius 1 is 1.39 bits per heavy atom. The summed E-state index contributed by atoms with van der Waals surface area (Å²) in [6.07, 6.45) is 2.79. The fourth-order valence-corrected chi connectivity index (χ4v) is 2.31. The van der Waals surface area contributed by atoms with Gasteiger partial charge in [0.25, 0.3) is 5.91 Å². The average molecular weight is 254 g/mol. The van der Waals surface area contributed by atoms with Gasteiger partial charge in [0.1, 0.15) is 0 Å². The van der Waals surface area contributed by atoms with Crippen molar-refractivity contribution in [3.05, 3.63) is 35.4 Å². The van der Waals surface area contributed by atoms with Gasteiger partial charge < -0.3 is 11.1 Å². The average Bonchev–Trinajstić information content (AvgIpc) is 2.76. The van der Waals surface area contributed by atoms with E-state index < -0.39 is 17.5 Å². The van der Waals surface area contributed by atoms with Crippen LogP contribution in [0.1, 0.15) is 29.6 Å². The molecule has 1 aromatic rings. The highest BCUT2D eigenvalue weighted by Gasteiger charge is 2.23. The van der Waals surface area contributed by atoms with Crippen molar-refractivity contribution in [1.82, 2.24) is 5.32 Å². The lowest BCUT2D eigenvalue weighted by Crippen LogP contribution is -2.30. The van der Waals surface area contributed by atoms with Crippen molar-refractivity contribution in [1.29, 1.82) is 0 Å². The van der Waals surface area contributed by atoms with Crippen LogP contribution in [-0.4, -0.2) is 18.5 Å². The van der Waals surface area contributed by atoms with Crippen molar-refractivity contribution in [2.75, 3.05) is 6.54 Å². The van der Waals surface area contributed by atoms with E-state index >= 15 is 0 Å². The Labute approximate surface area is 104 Å². The van der Waals surface area contributed by atoms with E-state index in [4.69, 9.17) is 5.73 Å². The summed E-state index contributed by atoms with van der Waals surface area (Å²) in [4.78, 5) is 11.7. The molecule has 1 aromatic carbocycles. The molecule has 1 aliphatic rings. The van der Waals surface area contributed by atoms with Gasteiger partial charge in [-0.1, -0.05) is 6.07 Å². The number of hydrogen-bond acceptors (Lipinski definition) is 2. The largest absolute Gasteiger partial charge is 0.352 e. The lowest BCUT2D eigenvalue weighted by Gasteiger charge is -2.11. The highest BCUT2D eigenvalue weighted by atomic mass is 19.2. The first-order valence-electron chi connectivity index (χ1n) is 6.05. The molecule has 0 aromatic heterocycles. The molecule has 0 saturated heterocycles. The Morgan fingerprint density at radius 2 is 2.17 bits per heavy atom. The van der Waals surface area contributed by atoms with Gasteiger partial charge in [0, 0.05) is 12.6 Å². The van der Waals surface area contributed by atoms with Crippen molar-refractivity contribution in [3.63, 3.8) is 0 Å². The molecule has 18 heavy (non-hydrogen) atoms. The summed E-state index contributed by atoms with van der Waals surface area (Å²) in [5.41, 5.74) is 5.51. The van der Waals surface area contributed by atoms with Gasteiger partial charge in [-0.15, -0.1) is 0 Å². The molecule has 1 fully saturated rings. The lowest BCUT2D eigenvalue weighted by atomic mass is 10.1. The molecule has 3 N–H and O–H groups in total. The SMILES string of the molecule is NC1CCC(CNC(=O)c2cccc(F)c2F)C1. The molecule has 1 saturated carbocycles. The second kappa shape index (κ2) is 5.44. The predicted octanol–water partition coefficient (Wildman–Crippen LogP) is 1.82. The summed E-state index contributed by atoms with van der Waals surface area (Å²) in [7, 11) is 0. The Hall–Kier alpha value is -1.49. The maximum Gasteiger partial charge on any atom is 0.254 e. The molecule has 0 heterocycles. The highest BCUT2D eigenvalue weighted by Crippen LogP contribution is 2.23. The monoisotopic (exact) mass is 254 g/mol. The van der Waals surface area contributed by atoms with Crippen LogP contribution in [0.3, 0.4) is 0 Å². The van der Waals surface area contributed by atoms with Gasteiger partial charge in [0.2, 0.25) is 0 Å². The Kier molecular flexibility index (Phi) is 3.91. The van der Waals surface area contributed by atoms with E-state index in [9.17, 15) is 13.6 Å². The van der Waals surface area contributed by atoms with Crippen molar-refractivity contribution >= 4 is 5.91 Å². The normalized spacial score (nSPS) is 23.1. The van der Waals surface area contributed by atoms with Crippen LogP contribution < -0.4 is 11.1 Å². The third-order valence-corrected chi connectivity index (χ3v) is 3.33. The molecular weight excluding hydrogens is 238 g/mol. The number of nitrogens with one attached hydrogen (secondary N) is 1. The number of benzene rings is 1. The van der Waals surface area contributed by atoms with E-state index in [1.807, 2.05) is 0 Å². The molecule has 0 spiro atoms. The summed E-state index contributed by atoms with van der Waals surface area (Å²) in [5.74, 6) is -2.35. The first-order chi connectivity index (χ1) is 8.58. The molecule has 2 rings (SSSR count). The second-order valence-corrected chi connectivity index (χ2v) is 4.75. The van der Waals surface area contributed by atoms with Crippen molar-refractivity contribution in [2.24, 2.45) is 11.7 Å².